The Bertz CT molecular complexity index is 1010. The molecule has 1 aliphatic rings. The van der Waals surface area contributed by atoms with Gasteiger partial charge in [0.15, 0.2) is 0 Å². The summed E-state index contributed by atoms with van der Waals surface area (Å²) in [6.45, 7) is 4.97. The Morgan fingerprint density at radius 1 is 1.10 bits per heavy atom. The van der Waals surface area contributed by atoms with Gasteiger partial charge in [-0.1, -0.05) is 11.6 Å². The van der Waals surface area contributed by atoms with E-state index in [0.717, 1.165) is 29.5 Å². The highest BCUT2D eigenvalue weighted by molar-refractivity contribution is 7.13. The number of piperazine rings is 1. The molecule has 0 unspecified atom stereocenters. The van der Waals surface area contributed by atoms with Crippen LogP contribution in [0, 0.1) is 6.92 Å². The lowest BCUT2D eigenvalue weighted by Crippen LogP contribution is -2.48. The summed E-state index contributed by atoms with van der Waals surface area (Å²) in [7, 11) is 0. The van der Waals surface area contributed by atoms with Crippen molar-refractivity contribution in [3.8, 4) is 11.5 Å². The number of aromatic hydroxyl groups is 1. The van der Waals surface area contributed by atoms with E-state index in [-0.39, 0.29) is 11.7 Å². The van der Waals surface area contributed by atoms with E-state index in [0.29, 0.717) is 35.3 Å². The van der Waals surface area contributed by atoms with E-state index in [1.165, 1.54) is 11.3 Å². The van der Waals surface area contributed by atoms with E-state index >= 15 is 0 Å². The second kappa shape index (κ2) is 8.93. The van der Waals surface area contributed by atoms with Gasteiger partial charge in [-0.2, -0.15) is 0 Å². The van der Waals surface area contributed by atoms with Crippen LogP contribution in [0.2, 0.25) is 5.02 Å². The lowest BCUT2D eigenvalue weighted by molar-refractivity contribution is 0.0750. The number of thiazole rings is 1. The van der Waals surface area contributed by atoms with Crippen LogP contribution in [-0.4, -0.2) is 47.1 Å². The Balaban J connectivity index is 1.35. The molecule has 0 atom stereocenters. The van der Waals surface area contributed by atoms with Gasteiger partial charge in [0.05, 0.1) is 5.69 Å². The normalized spacial score (nSPS) is 14.1. The van der Waals surface area contributed by atoms with E-state index in [2.05, 4.69) is 9.88 Å². The second-order valence-electron chi connectivity index (χ2n) is 7.06. The van der Waals surface area contributed by atoms with E-state index in [1.807, 2.05) is 36.1 Å². The number of benzene rings is 2. The first-order chi connectivity index (χ1) is 14.5. The van der Waals surface area contributed by atoms with Crippen molar-refractivity contribution < 1.29 is 14.6 Å². The van der Waals surface area contributed by atoms with Crippen LogP contribution in [0.5, 0.6) is 11.5 Å². The van der Waals surface area contributed by atoms with Gasteiger partial charge < -0.3 is 19.6 Å². The zero-order chi connectivity index (χ0) is 21.1. The van der Waals surface area contributed by atoms with Gasteiger partial charge in [-0.15, -0.1) is 11.3 Å². The number of phenols is 1. The van der Waals surface area contributed by atoms with Crippen molar-refractivity contribution in [1.29, 1.82) is 0 Å². The smallest absolute Gasteiger partial charge is 0.265 e. The molecule has 1 aliphatic heterocycles. The quantitative estimate of drug-likeness (QED) is 0.635. The van der Waals surface area contributed by atoms with Crippen LogP contribution in [0.1, 0.15) is 20.4 Å². The third-order valence-corrected chi connectivity index (χ3v) is 6.36. The Morgan fingerprint density at radius 3 is 2.43 bits per heavy atom. The van der Waals surface area contributed by atoms with Crippen molar-refractivity contribution in [2.24, 2.45) is 0 Å². The Morgan fingerprint density at radius 2 is 1.77 bits per heavy atom. The molecule has 1 fully saturated rings. The molecular formula is C22H22ClN3O3S. The molecule has 0 radical (unpaired) electrons. The molecule has 3 aromatic rings. The predicted octanol–water partition coefficient (Wildman–Crippen LogP) is 4.35. The molecule has 1 N–H and O–H groups in total. The van der Waals surface area contributed by atoms with E-state index in [9.17, 15) is 9.90 Å². The summed E-state index contributed by atoms with van der Waals surface area (Å²) >= 11 is 7.28. The topological polar surface area (TPSA) is 65.9 Å². The monoisotopic (exact) mass is 443 g/mol. The number of halogens is 1. The van der Waals surface area contributed by atoms with E-state index in [1.54, 1.807) is 24.3 Å². The van der Waals surface area contributed by atoms with Crippen molar-refractivity contribution in [2.45, 2.75) is 13.5 Å². The maximum absolute atomic E-state index is 13.0. The Labute approximate surface area is 184 Å². The highest BCUT2D eigenvalue weighted by atomic mass is 35.5. The predicted molar refractivity (Wildman–Crippen MR) is 119 cm³/mol. The van der Waals surface area contributed by atoms with Gasteiger partial charge >= 0.3 is 0 Å². The van der Waals surface area contributed by atoms with Gasteiger partial charge in [0.25, 0.3) is 5.91 Å². The Kier molecular flexibility index (Phi) is 6.11. The zero-order valence-electron chi connectivity index (χ0n) is 16.5. The van der Waals surface area contributed by atoms with E-state index in [4.69, 9.17) is 16.3 Å². The van der Waals surface area contributed by atoms with Crippen molar-refractivity contribution in [3.63, 3.8) is 0 Å². The fraction of sp³-hybridized carbons (Fsp3) is 0.273. The van der Waals surface area contributed by atoms with E-state index < -0.39 is 0 Å². The number of phenolic OH excluding ortho intramolecular Hbond substituents is 1. The average Bonchev–Trinajstić information content (AvgIpc) is 3.14. The first-order valence-corrected chi connectivity index (χ1v) is 10.9. The molecule has 0 saturated carbocycles. The highest BCUT2D eigenvalue weighted by Gasteiger charge is 2.25. The van der Waals surface area contributed by atoms with Crippen LogP contribution >= 0.6 is 22.9 Å². The largest absolute Gasteiger partial charge is 0.508 e. The molecule has 4 rings (SSSR count). The average molecular weight is 444 g/mol. The van der Waals surface area contributed by atoms with Crippen LogP contribution in [0.15, 0.2) is 48.5 Å². The first-order valence-electron chi connectivity index (χ1n) is 9.67. The zero-order valence-corrected chi connectivity index (χ0v) is 18.1. The van der Waals surface area contributed by atoms with Crippen LogP contribution in [0.3, 0.4) is 0 Å². The van der Waals surface area contributed by atoms with Crippen molar-refractivity contribution in [1.82, 2.24) is 9.88 Å². The summed E-state index contributed by atoms with van der Waals surface area (Å²) in [5, 5.41) is 10.9. The van der Waals surface area contributed by atoms with Crippen molar-refractivity contribution >= 4 is 34.5 Å². The summed E-state index contributed by atoms with van der Waals surface area (Å²) in [6.07, 6.45) is 0. The van der Waals surface area contributed by atoms with Crippen LogP contribution in [0.4, 0.5) is 5.69 Å². The molecule has 0 aliphatic carbocycles. The number of aromatic nitrogens is 1. The fourth-order valence-corrected chi connectivity index (χ4v) is 4.43. The first kappa shape index (κ1) is 20.5. The van der Waals surface area contributed by atoms with Gasteiger partial charge in [-0.05, 0) is 55.5 Å². The van der Waals surface area contributed by atoms with Crippen LogP contribution < -0.4 is 9.64 Å². The fourth-order valence-electron chi connectivity index (χ4n) is 3.36. The summed E-state index contributed by atoms with van der Waals surface area (Å²) in [6, 6.07) is 14.3. The number of nitrogens with zero attached hydrogens (tertiary/aromatic N) is 3. The van der Waals surface area contributed by atoms with Crippen LogP contribution in [0.25, 0.3) is 0 Å². The molecule has 0 spiro atoms. The molecule has 6 nitrogen and oxygen atoms in total. The standard InChI is InChI=1S/C22H22ClN3O3S/c1-15-21(30-20(24-15)14-29-19-8-2-16(23)3-9-19)22(28)26-12-10-25(11-13-26)17-4-6-18(27)7-5-17/h2-9,27H,10-14H2,1H3. The minimum Gasteiger partial charge on any atom is -0.508 e. The SMILES string of the molecule is Cc1nc(COc2ccc(Cl)cc2)sc1C(=O)N1CCN(c2ccc(O)cc2)CC1. The summed E-state index contributed by atoms with van der Waals surface area (Å²) in [5.41, 5.74) is 1.79. The summed E-state index contributed by atoms with van der Waals surface area (Å²) in [5.74, 6) is 0.989. The molecule has 0 bridgehead atoms. The second-order valence-corrected chi connectivity index (χ2v) is 8.58. The number of carbonyl (C=O) groups excluding carboxylic acids is 1. The molecule has 1 aromatic heterocycles. The number of anilines is 1. The molecule has 1 amide bonds. The molecule has 156 valence electrons. The number of hydrogen-bond donors (Lipinski definition) is 1. The molecule has 2 aromatic carbocycles. The van der Waals surface area contributed by atoms with Gasteiger partial charge in [0.2, 0.25) is 0 Å². The third-order valence-electron chi connectivity index (χ3n) is 4.99. The van der Waals surface area contributed by atoms with Gasteiger partial charge in [-0.25, -0.2) is 4.98 Å². The number of aryl methyl sites for hydroxylation is 1. The number of ether oxygens (including phenoxy) is 1. The van der Waals surface area contributed by atoms with Gasteiger partial charge in [-0.3, -0.25) is 4.79 Å². The minimum atomic E-state index is 0.0214. The van der Waals surface area contributed by atoms with Crippen molar-refractivity contribution in [2.75, 3.05) is 31.1 Å². The number of carbonyl (C=O) groups is 1. The maximum Gasteiger partial charge on any atom is 0.265 e. The number of hydrogen-bond acceptors (Lipinski definition) is 6. The summed E-state index contributed by atoms with van der Waals surface area (Å²) in [4.78, 5) is 22.3. The number of amides is 1. The molecule has 8 heteroatoms. The van der Waals surface area contributed by atoms with Gasteiger partial charge in [0.1, 0.15) is 28.0 Å². The number of rotatable bonds is 5. The van der Waals surface area contributed by atoms with Gasteiger partial charge in [0, 0.05) is 36.9 Å². The minimum absolute atomic E-state index is 0.0214. The summed E-state index contributed by atoms with van der Waals surface area (Å²) < 4.78 is 5.75. The molecule has 2 heterocycles. The molecule has 30 heavy (non-hydrogen) atoms. The third kappa shape index (κ3) is 4.68. The lowest BCUT2D eigenvalue weighted by Gasteiger charge is -2.36. The molecular weight excluding hydrogens is 422 g/mol. The van der Waals surface area contributed by atoms with Crippen molar-refractivity contribution in [3.05, 3.63) is 69.1 Å². The van der Waals surface area contributed by atoms with Crippen LogP contribution in [-0.2, 0) is 6.61 Å². The Hall–Kier alpha value is -2.77. The molecule has 1 saturated heterocycles. The maximum atomic E-state index is 13.0. The highest BCUT2D eigenvalue weighted by Crippen LogP contribution is 2.24. The lowest BCUT2D eigenvalue weighted by atomic mass is 10.2.